The zero-order valence-electron chi connectivity index (χ0n) is 9.30. The minimum absolute atomic E-state index is 0.0466. The smallest absolute Gasteiger partial charge is 0.306 e. The molecule has 0 saturated heterocycles. The van der Waals surface area contributed by atoms with E-state index in [4.69, 9.17) is 4.74 Å². The number of hydrogen-bond acceptors (Lipinski definition) is 2. The minimum atomic E-state index is -0.0466. The molecule has 0 aliphatic rings. The molecule has 0 amide bonds. The molecular formula is C11H22O2. The number of carbonyl (C=O) groups excluding carboxylic acids is 1. The number of hydrogen-bond donors (Lipinski definition) is 0. The van der Waals surface area contributed by atoms with Crippen LogP contribution in [0.2, 0.25) is 0 Å². The second-order valence-electron chi connectivity index (χ2n) is 4.02. The summed E-state index contributed by atoms with van der Waals surface area (Å²) in [4.78, 5) is 11.2. The van der Waals surface area contributed by atoms with E-state index < -0.39 is 0 Å². The highest BCUT2D eigenvalue weighted by Crippen LogP contribution is 2.07. The summed E-state index contributed by atoms with van der Waals surface area (Å²) in [6, 6.07) is 0. The molecule has 2 nitrogen and oxygen atoms in total. The quantitative estimate of drug-likeness (QED) is 0.596. The van der Waals surface area contributed by atoms with Crippen LogP contribution in [0.1, 0.15) is 53.4 Å². The van der Waals surface area contributed by atoms with Gasteiger partial charge in [0.05, 0.1) is 6.10 Å². The van der Waals surface area contributed by atoms with E-state index in [1.54, 1.807) is 0 Å². The van der Waals surface area contributed by atoms with Crippen molar-refractivity contribution >= 4 is 5.97 Å². The first kappa shape index (κ1) is 12.5. The highest BCUT2D eigenvalue weighted by Gasteiger charge is 2.08. The lowest BCUT2D eigenvalue weighted by molar-refractivity contribution is -0.148. The molecule has 0 aromatic rings. The average molecular weight is 186 g/mol. The van der Waals surface area contributed by atoms with Gasteiger partial charge in [-0.25, -0.2) is 0 Å². The van der Waals surface area contributed by atoms with E-state index in [2.05, 4.69) is 20.8 Å². The van der Waals surface area contributed by atoms with Gasteiger partial charge in [0, 0.05) is 6.42 Å². The molecule has 0 aromatic carbocycles. The first-order valence-electron chi connectivity index (χ1n) is 5.25. The molecule has 0 aliphatic heterocycles. The molecule has 0 radical (unpaired) electrons. The normalized spacial score (nSPS) is 13.0. The van der Waals surface area contributed by atoms with Crippen molar-refractivity contribution in [3.05, 3.63) is 0 Å². The highest BCUT2D eigenvalue weighted by atomic mass is 16.5. The molecule has 1 atom stereocenters. The van der Waals surface area contributed by atoms with Crippen LogP contribution < -0.4 is 0 Å². The third-order valence-electron chi connectivity index (χ3n) is 1.95. The summed E-state index contributed by atoms with van der Waals surface area (Å²) in [6.07, 6.45) is 3.61. The van der Waals surface area contributed by atoms with E-state index in [9.17, 15) is 4.79 Å². The molecule has 0 saturated carbocycles. The van der Waals surface area contributed by atoms with Crippen LogP contribution in [0.15, 0.2) is 0 Å². The Kier molecular flexibility index (Phi) is 6.65. The summed E-state index contributed by atoms with van der Waals surface area (Å²) in [7, 11) is 0. The predicted octanol–water partition coefficient (Wildman–Crippen LogP) is 3.15. The van der Waals surface area contributed by atoms with Gasteiger partial charge >= 0.3 is 5.97 Å². The van der Waals surface area contributed by atoms with Gasteiger partial charge in [-0.2, -0.15) is 0 Å². The fourth-order valence-corrected chi connectivity index (χ4v) is 1.16. The van der Waals surface area contributed by atoms with Gasteiger partial charge in [-0.3, -0.25) is 4.79 Å². The highest BCUT2D eigenvalue weighted by molar-refractivity contribution is 5.69. The van der Waals surface area contributed by atoms with Gasteiger partial charge in [-0.05, 0) is 25.7 Å². The van der Waals surface area contributed by atoms with Crippen LogP contribution in [0.4, 0.5) is 0 Å². The summed E-state index contributed by atoms with van der Waals surface area (Å²) in [5.74, 6) is 0.531. The molecule has 0 heterocycles. The topological polar surface area (TPSA) is 26.3 Å². The Morgan fingerprint density at radius 3 is 2.31 bits per heavy atom. The molecule has 13 heavy (non-hydrogen) atoms. The molecule has 0 fully saturated rings. The van der Waals surface area contributed by atoms with E-state index in [0.29, 0.717) is 12.3 Å². The number of rotatable bonds is 6. The molecular weight excluding hydrogens is 164 g/mol. The molecule has 0 N–H and O–H groups in total. The van der Waals surface area contributed by atoms with Crippen LogP contribution in [0, 0.1) is 5.92 Å². The molecule has 0 spiro atoms. The van der Waals surface area contributed by atoms with Crippen LogP contribution in [-0.4, -0.2) is 12.1 Å². The van der Waals surface area contributed by atoms with Crippen molar-refractivity contribution < 1.29 is 9.53 Å². The number of carbonyl (C=O) groups is 1. The summed E-state index contributed by atoms with van der Waals surface area (Å²) >= 11 is 0. The predicted molar refractivity (Wildman–Crippen MR) is 54.5 cm³/mol. The largest absolute Gasteiger partial charge is 0.463 e. The van der Waals surface area contributed by atoms with Gasteiger partial charge in [0.15, 0.2) is 0 Å². The van der Waals surface area contributed by atoms with Crippen LogP contribution in [0.25, 0.3) is 0 Å². The third kappa shape index (κ3) is 7.82. The summed E-state index contributed by atoms with van der Waals surface area (Å²) in [5.41, 5.74) is 0. The van der Waals surface area contributed by atoms with Crippen molar-refractivity contribution in [1.82, 2.24) is 0 Å². The Morgan fingerprint density at radius 2 is 1.85 bits per heavy atom. The van der Waals surface area contributed by atoms with Crippen molar-refractivity contribution in [2.24, 2.45) is 5.92 Å². The van der Waals surface area contributed by atoms with Crippen LogP contribution in [-0.2, 0) is 9.53 Å². The fraction of sp³-hybridized carbons (Fsp3) is 0.909. The zero-order chi connectivity index (χ0) is 10.3. The molecule has 0 aliphatic carbocycles. The molecule has 0 unspecified atom stereocenters. The molecule has 78 valence electrons. The molecule has 0 aromatic heterocycles. The van der Waals surface area contributed by atoms with Gasteiger partial charge in [-0.1, -0.05) is 27.2 Å². The van der Waals surface area contributed by atoms with Crippen LogP contribution >= 0.6 is 0 Å². The first-order chi connectivity index (χ1) is 6.06. The molecule has 0 bridgehead atoms. The second-order valence-corrected chi connectivity index (χ2v) is 4.02. The zero-order valence-corrected chi connectivity index (χ0v) is 9.30. The van der Waals surface area contributed by atoms with E-state index in [1.807, 2.05) is 6.92 Å². The lowest BCUT2D eigenvalue weighted by Crippen LogP contribution is -2.14. The van der Waals surface area contributed by atoms with Gasteiger partial charge in [-0.15, -0.1) is 0 Å². The Bertz CT molecular complexity index is 141. The summed E-state index contributed by atoms with van der Waals surface area (Å²) in [5, 5.41) is 0. The average Bonchev–Trinajstić information content (AvgIpc) is 2.01. The molecule has 2 heteroatoms. The van der Waals surface area contributed by atoms with Crippen molar-refractivity contribution in [3.63, 3.8) is 0 Å². The van der Waals surface area contributed by atoms with Crippen molar-refractivity contribution in [1.29, 1.82) is 0 Å². The Morgan fingerprint density at radius 1 is 1.23 bits per heavy atom. The molecule has 0 rings (SSSR count). The van der Waals surface area contributed by atoms with Gasteiger partial charge in [0.1, 0.15) is 0 Å². The minimum Gasteiger partial charge on any atom is -0.463 e. The maximum absolute atomic E-state index is 11.2. The summed E-state index contributed by atoms with van der Waals surface area (Å²) < 4.78 is 5.20. The van der Waals surface area contributed by atoms with Crippen LogP contribution in [0.5, 0.6) is 0 Å². The van der Waals surface area contributed by atoms with Crippen molar-refractivity contribution in [2.75, 3.05) is 0 Å². The monoisotopic (exact) mass is 186 g/mol. The SMILES string of the molecule is CCC[C@H](C)OC(=O)CCC(C)C. The van der Waals surface area contributed by atoms with Gasteiger partial charge in [0.2, 0.25) is 0 Å². The standard InChI is InChI=1S/C11H22O2/c1-5-6-10(4)13-11(12)8-7-9(2)3/h9-10H,5-8H2,1-4H3/t10-/m0/s1. The summed E-state index contributed by atoms with van der Waals surface area (Å²) in [6.45, 7) is 8.28. The van der Waals surface area contributed by atoms with E-state index in [0.717, 1.165) is 19.3 Å². The van der Waals surface area contributed by atoms with Gasteiger partial charge < -0.3 is 4.74 Å². The maximum atomic E-state index is 11.2. The second kappa shape index (κ2) is 6.93. The van der Waals surface area contributed by atoms with E-state index >= 15 is 0 Å². The lowest BCUT2D eigenvalue weighted by Gasteiger charge is -2.12. The van der Waals surface area contributed by atoms with E-state index in [-0.39, 0.29) is 12.1 Å². The van der Waals surface area contributed by atoms with Crippen LogP contribution in [0.3, 0.4) is 0 Å². The fourth-order valence-electron chi connectivity index (χ4n) is 1.16. The third-order valence-corrected chi connectivity index (χ3v) is 1.95. The Labute approximate surface area is 81.7 Å². The van der Waals surface area contributed by atoms with E-state index in [1.165, 1.54) is 0 Å². The lowest BCUT2D eigenvalue weighted by atomic mass is 10.1. The van der Waals surface area contributed by atoms with Crippen molar-refractivity contribution in [3.8, 4) is 0 Å². The first-order valence-corrected chi connectivity index (χ1v) is 5.25. The number of ether oxygens (including phenoxy) is 1. The Balaban J connectivity index is 3.50. The van der Waals surface area contributed by atoms with Gasteiger partial charge in [0.25, 0.3) is 0 Å². The maximum Gasteiger partial charge on any atom is 0.306 e. The Hall–Kier alpha value is -0.530. The number of esters is 1. The van der Waals surface area contributed by atoms with Crippen molar-refractivity contribution in [2.45, 2.75) is 59.5 Å².